The van der Waals surface area contributed by atoms with Gasteiger partial charge in [-0.1, -0.05) is 18.2 Å². The second kappa shape index (κ2) is 8.33. The van der Waals surface area contributed by atoms with Crippen molar-refractivity contribution in [3.63, 3.8) is 0 Å². The van der Waals surface area contributed by atoms with Crippen molar-refractivity contribution in [3.05, 3.63) is 76.1 Å². The summed E-state index contributed by atoms with van der Waals surface area (Å²) in [5.74, 6) is 0.0394. The maximum absolute atomic E-state index is 13.0. The van der Waals surface area contributed by atoms with Crippen molar-refractivity contribution in [2.75, 3.05) is 31.1 Å². The van der Waals surface area contributed by atoms with E-state index in [2.05, 4.69) is 9.97 Å². The number of carbonyl (C=O) groups excluding carboxylic acids is 1. The topological polar surface area (TPSA) is 95.4 Å². The zero-order valence-corrected chi connectivity index (χ0v) is 16.7. The highest BCUT2D eigenvalue weighted by Crippen LogP contribution is 2.32. The van der Waals surface area contributed by atoms with Gasteiger partial charge in [-0.15, -0.1) is 0 Å². The van der Waals surface area contributed by atoms with Gasteiger partial charge in [0.05, 0.1) is 16.7 Å². The fraction of sp³-hybridized carbons (Fsp3) is 0.238. The van der Waals surface area contributed by atoms with Crippen molar-refractivity contribution >= 4 is 17.3 Å². The van der Waals surface area contributed by atoms with Gasteiger partial charge in [-0.2, -0.15) is 13.2 Å². The van der Waals surface area contributed by atoms with Crippen LogP contribution in [-0.2, 0) is 6.18 Å². The average molecular weight is 445 g/mol. The van der Waals surface area contributed by atoms with E-state index in [4.69, 9.17) is 0 Å². The van der Waals surface area contributed by atoms with Crippen LogP contribution in [0.4, 0.5) is 24.5 Å². The highest BCUT2D eigenvalue weighted by molar-refractivity contribution is 5.93. The Kier molecular flexibility index (Phi) is 5.56. The Bertz CT molecular complexity index is 1150. The summed E-state index contributed by atoms with van der Waals surface area (Å²) in [5, 5.41) is 11.0. The summed E-state index contributed by atoms with van der Waals surface area (Å²) in [7, 11) is 0. The Morgan fingerprint density at radius 2 is 1.78 bits per heavy atom. The molecule has 0 radical (unpaired) electrons. The van der Waals surface area contributed by atoms with Crippen LogP contribution in [0.5, 0.6) is 0 Å². The number of hydrogen-bond donors (Lipinski definition) is 1. The highest BCUT2D eigenvalue weighted by Gasteiger charge is 2.31. The fourth-order valence-corrected chi connectivity index (χ4v) is 3.56. The van der Waals surface area contributed by atoms with E-state index in [0.29, 0.717) is 43.3 Å². The van der Waals surface area contributed by atoms with Gasteiger partial charge < -0.3 is 14.8 Å². The normalized spacial score (nSPS) is 14.5. The minimum absolute atomic E-state index is 0.0857. The second-order valence-electron chi connectivity index (χ2n) is 7.28. The third kappa shape index (κ3) is 4.41. The monoisotopic (exact) mass is 445 g/mol. The fourth-order valence-electron chi connectivity index (χ4n) is 3.56. The van der Waals surface area contributed by atoms with Crippen LogP contribution in [0.25, 0.3) is 11.4 Å². The van der Waals surface area contributed by atoms with E-state index in [0.717, 1.165) is 12.1 Å². The number of nitrogens with one attached hydrogen (secondary N) is 1. The molecular formula is C21H18F3N5O3. The number of alkyl halides is 3. The lowest BCUT2D eigenvalue weighted by Crippen LogP contribution is -2.49. The largest absolute Gasteiger partial charge is 0.416 e. The van der Waals surface area contributed by atoms with Gasteiger partial charge in [0.15, 0.2) is 0 Å². The molecule has 4 rings (SSSR count). The van der Waals surface area contributed by atoms with Gasteiger partial charge in [-0.25, -0.2) is 4.98 Å². The Morgan fingerprint density at radius 3 is 2.47 bits per heavy atom. The number of rotatable bonds is 4. The van der Waals surface area contributed by atoms with Crippen LogP contribution in [0, 0.1) is 10.1 Å². The molecule has 1 fully saturated rings. The SMILES string of the molecule is O=C(c1cnc(-c2cccc([N+](=O)[O-])c2)[nH]1)N1CCN(c2cccc(C(F)(F)F)c2)CC1. The van der Waals surface area contributed by atoms with Crippen molar-refractivity contribution in [2.45, 2.75) is 6.18 Å². The lowest BCUT2D eigenvalue weighted by Gasteiger charge is -2.36. The molecule has 2 aromatic carbocycles. The number of H-pyrrole nitrogens is 1. The molecule has 0 bridgehead atoms. The Balaban J connectivity index is 1.42. The van der Waals surface area contributed by atoms with Gasteiger partial charge in [0, 0.05) is 49.6 Å². The lowest BCUT2D eigenvalue weighted by atomic mass is 10.1. The number of nitrogens with zero attached hydrogens (tertiary/aromatic N) is 4. The van der Waals surface area contributed by atoms with Crippen molar-refractivity contribution in [3.8, 4) is 11.4 Å². The number of piperazine rings is 1. The summed E-state index contributed by atoms with van der Waals surface area (Å²) in [6.07, 6.45) is -3.04. The third-order valence-corrected chi connectivity index (χ3v) is 5.24. The number of anilines is 1. The number of benzene rings is 2. The first kappa shape index (κ1) is 21.3. The second-order valence-corrected chi connectivity index (χ2v) is 7.28. The molecule has 1 aliphatic heterocycles. The van der Waals surface area contributed by atoms with E-state index in [9.17, 15) is 28.1 Å². The van der Waals surface area contributed by atoms with Crippen molar-refractivity contribution in [2.24, 2.45) is 0 Å². The molecule has 1 aromatic heterocycles. The van der Waals surface area contributed by atoms with E-state index < -0.39 is 16.7 Å². The molecule has 0 unspecified atom stereocenters. The number of nitro groups is 1. The van der Waals surface area contributed by atoms with Crippen molar-refractivity contribution < 1.29 is 22.9 Å². The summed E-state index contributed by atoms with van der Waals surface area (Å²) in [4.78, 5) is 33.7. The molecule has 3 aromatic rings. The summed E-state index contributed by atoms with van der Waals surface area (Å²) in [5.41, 5.74) is 0.380. The number of aromatic nitrogens is 2. The molecule has 1 N–H and O–H groups in total. The van der Waals surface area contributed by atoms with Crippen LogP contribution in [0.15, 0.2) is 54.7 Å². The summed E-state index contributed by atoms with van der Waals surface area (Å²) in [6, 6.07) is 11.0. The Morgan fingerprint density at radius 1 is 1.06 bits per heavy atom. The quantitative estimate of drug-likeness (QED) is 0.484. The minimum Gasteiger partial charge on any atom is -0.368 e. The predicted octanol–water partition coefficient (Wildman–Crippen LogP) is 3.97. The minimum atomic E-state index is -4.41. The van der Waals surface area contributed by atoms with Gasteiger partial charge >= 0.3 is 6.18 Å². The number of hydrogen-bond acceptors (Lipinski definition) is 5. The first-order valence-corrected chi connectivity index (χ1v) is 9.74. The van der Waals surface area contributed by atoms with Gasteiger partial charge in [-0.3, -0.25) is 14.9 Å². The molecule has 166 valence electrons. The van der Waals surface area contributed by atoms with Gasteiger partial charge in [-0.05, 0) is 18.2 Å². The van der Waals surface area contributed by atoms with Crippen LogP contribution in [0.2, 0.25) is 0 Å². The number of amides is 1. The van der Waals surface area contributed by atoms with E-state index >= 15 is 0 Å². The van der Waals surface area contributed by atoms with Gasteiger partial charge in [0.2, 0.25) is 0 Å². The van der Waals surface area contributed by atoms with Crippen LogP contribution in [-0.4, -0.2) is 51.9 Å². The summed E-state index contributed by atoms with van der Waals surface area (Å²) in [6.45, 7) is 1.44. The maximum Gasteiger partial charge on any atom is 0.416 e. The first-order chi connectivity index (χ1) is 15.2. The van der Waals surface area contributed by atoms with Crippen LogP contribution >= 0.6 is 0 Å². The molecule has 0 aliphatic carbocycles. The van der Waals surface area contributed by atoms with E-state index in [1.54, 1.807) is 21.9 Å². The smallest absolute Gasteiger partial charge is 0.368 e. The molecule has 1 aliphatic rings. The molecule has 1 amide bonds. The molecule has 0 atom stereocenters. The molecule has 0 saturated carbocycles. The van der Waals surface area contributed by atoms with Crippen LogP contribution < -0.4 is 4.90 Å². The molecule has 0 spiro atoms. The van der Waals surface area contributed by atoms with Gasteiger partial charge in [0.25, 0.3) is 11.6 Å². The van der Waals surface area contributed by atoms with Gasteiger partial charge in [0.1, 0.15) is 11.5 Å². The maximum atomic E-state index is 13.0. The first-order valence-electron chi connectivity index (χ1n) is 9.74. The zero-order chi connectivity index (χ0) is 22.9. The lowest BCUT2D eigenvalue weighted by molar-refractivity contribution is -0.384. The number of halogens is 3. The van der Waals surface area contributed by atoms with Crippen molar-refractivity contribution in [1.82, 2.24) is 14.9 Å². The number of non-ortho nitro benzene ring substituents is 1. The molecule has 8 nitrogen and oxygen atoms in total. The van der Waals surface area contributed by atoms with E-state index in [-0.39, 0.29) is 17.3 Å². The average Bonchev–Trinajstić information content (AvgIpc) is 3.29. The molecule has 1 saturated heterocycles. The summed E-state index contributed by atoms with van der Waals surface area (Å²) < 4.78 is 38.9. The Labute approximate surface area is 180 Å². The van der Waals surface area contributed by atoms with Crippen LogP contribution in [0.3, 0.4) is 0 Å². The van der Waals surface area contributed by atoms with E-state index in [1.807, 2.05) is 0 Å². The molecular weight excluding hydrogens is 427 g/mol. The molecule has 32 heavy (non-hydrogen) atoms. The summed E-state index contributed by atoms with van der Waals surface area (Å²) >= 11 is 0. The molecule has 11 heteroatoms. The third-order valence-electron chi connectivity index (χ3n) is 5.24. The number of carbonyl (C=O) groups is 1. The standard InChI is InChI=1S/C21H18F3N5O3/c22-21(23,24)15-4-2-5-16(12-15)27-7-9-28(10-8-27)20(30)18-13-25-19(26-18)14-3-1-6-17(11-14)29(31)32/h1-6,11-13H,7-10H2,(H,25,26). The number of nitro benzene ring substituents is 1. The van der Waals surface area contributed by atoms with Crippen LogP contribution in [0.1, 0.15) is 16.1 Å². The highest BCUT2D eigenvalue weighted by atomic mass is 19.4. The Hall–Kier alpha value is -3.89. The zero-order valence-electron chi connectivity index (χ0n) is 16.7. The molecule has 2 heterocycles. The number of aromatic amines is 1. The van der Waals surface area contributed by atoms with E-state index in [1.165, 1.54) is 30.5 Å². The number of imidazole rings is 1. The van der Waals surface area contributed by atoms with Crippen molar-refractivity contribution in [1.29, 1.82) is 0 Å². The predicted molar refractivity (Wildman–Crippen MR) is 110 cm³/mol.